The number of carbonyl (C=O) groups excluding carboxylic acids is 1. The Morgan fingerprint density at radius 1 is 1.82 bits per heavy atom. The number of rotatable bonds is 1. The molecule has 60 valence electrons. The molecule has 2 heterocycles. The zero-order valence-electron chi connectivity index (χ0n) is 6.21. The van der Waals surface area contributed by atoms with Crippen LogP contribution in [0.1, 0.15) is 0 Å². The molecule has 2 rings (SSSR count). The van der Waals surface area contributed by atoms with Gasteiger partial charge in [-0.05, 0) is 0 Å². The quantitative estimate of drug-likeness (QED) is 0.489. The Morgan fingerprint density at radius 2 is 2.64 bits per heavy atom. The number of fused-ring (bicyclic) bond motifs is 2. The monoisotopic (exact) mass is 153 g/mol. The fourth-order valence-corrected chi connectivity index (χ4v) is 1.62. The van der Waals surface area contributed by atoms with E-state index >= 15 is 0 Å². The van der Waals surface area contributed by atoms with Crippen LogP contribution in [0.3, 0.4) is 0 Å². The summed E-state index contributed by atoms with van der Waals surface area (Å²) in [6.07, 6.45) is 1.91. The van der Waals surface area contributed by atoms with Crippen molar-refractivity contribution in [3.05, 3.63) is 11.6 Å². The number of hydrogen-bond donors (Lipinski definition) is 2. The Kier molecular flexibility index (Phi) is 1.44. The predicted octanol–water partition coefficient (Wildman–Crippen LogP) is -1.36. The molecule has 1 fully saturated rings. The summed E-state index contributed by atoms with van der Waals surface area (Å²) < 4.78 is 0. The van der Waals surface area contributed by atoms with Gasteiger partial charge in [-0.25, -0.2) is 0 Å². The number of nitrogens with two attached hydrogens (primary N) is 1. The Morgan fingerprint density at radius 3 is 3.36 bits per heavy atom. The van der Waals surface area contributed by atoms with Gasteiger partial charge in [0.2, 0.25) is 5.91 Å². The molecule has 4 nitrogen and oxygen atoms in total. The Labute approximate surface area is 65.0 Å². The van der Waals surface area contributed by atoms with Gasteiger partial charge >= 0.3 is 0 Å². The average molecular weight is 153 g/mol. The Bertz CT molecular complexity index is 224. The minimum atomic E-state index is -0.288. The molecule has 0 aromatic heterocycles. The number of nitrogens with one attached hydrogen (secondary N) is 1. The lowest BCUT2D eigenvalue weighted by molar-refractivity contribution is -0.114. The molecule has 0 radical (unpaired) electrons. The minimum Gasteiger partial charge on any atom is -0.366 e. The molecule has 0 aromatic carbocycles. The summed E-state index contributed by atoms with van der Waals surface area (Å²) in [6, 6.07) is 0.182. The first-order valence-electron chi connectivity index (χ1n) is 3.73. The number of amides is 1. The summed E-state index contributed by atoms with van der Waals surface area (Å²) in [5.74, 6) is -0.288. The van der Waals surface area contributed by atoms with E-state index < -0.39 is 0 Å². The van der Waals surface area contributed by atoms with Gasteiger partial charge in [0.25, 0.3) is 0 Å². The van der Waals surface area contributed by atoms with Crippen molar-refractivity contribution < 1.29 is 4.79 Å². The van der Waals surface area contributed by atoms with Crippen LogP contribution in [0.15, 0.2) is 11.6 Å². The van der Waals surface area contributed by atoms with Crippen LogP contribution in [-0.2, 0) is 4.79 Å². The second-order valence-electron chi connectivity index (χ2n) is 2.97. The van der Waals surface area contributed by atoms with Crippen molar-refractivity contribution in [2.24, 2.45) is 5.73 Å². The van der Waals surface area contributed by atoms with E-state index in [9.17, 15) is 4.79 Å². The molecule has 4 heteroatoms. The highest BCUT2D eigenvalue weighted by Crippen LogP contribution is 2.15. The molecule has 2 aliphatic rings. The first kappa shape index (κ1) is 6.82. The molecule has 11 heavy (non-hydrogen) atoms. The highest BCUT2D eigenvalue weighted by Gasteiger charge is 2.30. The maximum atomic E-state index is 10.8. The summed E-state index contributed by atoms with van der Waals surface area (Å²) in [5, 5.41) is 3.21. The van der Waals surface area contributed by atoms with Crippen LogP contribution in [0.25, 0.3) is 0 Å². The van der Waals surface area contributed by atoms with Crippen molar-refractivity contribution >= 4 is 5.91 Å². The molecule has 2 unspecified atom stereocenters. The topological polar surface area (TPSA) is 58.4 Å². The SMILES string of the molecule is NC(=O)C1=CCN2CNC1C2. The zero-order valence-corrected chi connectivity index (χ0v) is 6.21. The second kappa shape index (κ2) is 2.32. The normalized spacial score (nSPS) is 35.1. The molecule has 1 saturated heterocycles. The van der Waals surface area contributed by atoms with Crippen LogP contribution in [-0.4, -0.2) is 36.6 Å². The molecule has 2 bridgehead atoms. The summed E-state index contributed by atoms with van der Waals surface area (Å²) >= 11 is 0. The lowest BCUT2D eigenvalue weighted by Gasteiger charge is -2.19. The van der Waals surface area contributed by atoms with Gasteiger partial charge in [0.15, 0.2) is 0 Å². The third-order valence-electron chi connectivity index (χ3n) is 2.23. The van der Waals surface area contributed by atoms with Gasteiger partial charge in [-0.3, -0.25) is 15.0 Å². The molecule has 3 N–H and O–H groups in total. The Hall–Kier alpha value is -0.870. The van der Waals surface area contributed by atoms with Crippen molar-refractivity contribution in [1.82, 2.24) is 10.2 Å². The van der Waals surface area contributed by atoms with E-state index in [1.807, 2.05) is 6.08 Å². The van der Waals surface area contributed by atoms with Crippen molar-refractivity contribution in [1.29, 1.82) is 0 Å². The van der Waals surface area contributed by atoms with E-state index in [-0.39, 0.29) is 11.9 Å². The lowest BCUT2D eigenvalue weighted by Crippen LogP contribution is -2.36. The van der Waals surface area contributed by atoms with Gasteiger partial charge in [-0.15, -0.1) is 0 Å². The highest BCUT2D eigenvalue weighted by atomic mass is 16.1. The first-order chi connectivity index (χ1) is 5.27. The first-order valence-corrected chi connectivity index (χ1v) is 3.73. The maximum absolute atomic E-state index is 10.8. The van der Waals surface area contributed by atoms with E-state index in [0.717, 1.165) is 25.3 Å². The van der Waals surface area contributed by atoms with Gasteiger partial charge < -0.3 is 5.73 Å². The van der Waals surface area contributed by atoms with Gasteiger partial charge in [-0.2, -0.15) is 0 Å². The van der Waals surface area contributed by atoms with E-state index in [4.69, 9.17) is 5.73 Å². The van der Waals surface area contributed by atoms with E-state index in [2.05, 4.69) is 10.2 Å². The zero-order chi connectivity index (χ0) is 7.84. The van der Waals surface area contributed by atoms with E-state index in [1.54, 1.807) is 0 Å². The summed E-state index contributed by atoms with van der Waals surface area (Å²) in [6.45, 7) is 2.65. The van der Waals surface area contributed by atoms with E-state index in [1.165, 1.54) is 0 Å². The minimum absolute atomic E-state index is 0.182. The third-order valence-corrected chi connectivity index (χ3v) is 2.23. The number of hydrogen-bond acceptors (Lipinski definition) is 3. The van der Waals surface area contributed by atoms with Crippen LogP contribution in [0.5, 0.6) is 0 Å². The van der Waals surface area contributed by atoms with Crippen molar-refractivity contribution in [2.45, 2.75) is 6.04 Å². The van der Waals surface area contributed by atoms with Crippen molar-refractivity contribution in [2.75, 3.05) is 19.8 Å². The molecule has 1 amide bonds. The molecule has 0 aliphatic carbocycles. The fraction of sp³-hybridized carbons (Fsp3) is 0.571. The van der Waals surface area contributed by atoms with Crippen molar-refractivity contribution in [3.8, 4) is 0 Å². The van der Waals surface area contributed by atoms with Crippen LogP contribution < -0.4 is 11.1 Å². The summed E-state index contributed by atoms with van der Waals surface area (Å²) in [7, 11) is 0. The Balaban J connectivity index is 2.21. The van der Waals surface area contributed by atoms with Crippen LogP contribution in [0.2, 0.25) is 0 Å². The molecule has 0 spiro atoms. The molecule has 0 saturated carbocycles. The van der Waals surface area contributed by atoms with Crippen LogP contribution in [0.4, 0.5) is 0 Å². The molecule has 2 atom stereocenters. The molecule has 0 aromatic rings. The van der Waals surface area contributed by atoms with Gasteiger partial charge in [0.1, 0.15) is 0 Å². The van der Waals surface area contributed by atoms with Gasteiger partial charge in [-0.1, -0.05) is 6.08 Å². The van der Waals surface area contributed by atoms with Crippen molar-refractivity contribution in [3.63, 3.8) is 0 Å². The highest BCUT2D eigenvalue weighted by molar-refractivity contribution is 5.93. The number of carbonyl (C=O) groups is 1. The van der Waals surface area contributed by atoms with Crippen LogP contribution >= 0.6 is 0 Å². The fourth-order valence-electron chi connectivity index (χ4n) is 1.62. The second-order valence-corrected chi connectivity index (χ2v) is 2.97. The van der Waals surface area contributed by atoms with Gasteiger partial charge in [0, 0.05) is 25.3 Å². The summed E-state index contributed by atoms with van der Waals surface area (Å²) in [5.41, 5.74) is 5.93. The van der Waals surface area contributed by atoms with Gasteiger partial charge in [0.05, 0.1) is 6.04 Å². The smallest absolute Gasteiger partial charge is 0.245 e. The molecular formula is C7H11N3O. The van der Waals surface area contributed by atoms with Crippen LogP contribution in [0, 0.1) is 0 Å². The summed E-state index contributed by atoms with van der Waals surface area (Å²) in [4.78, 5) is 13.1. The lowest BCUT2D eigenvalue weighted by atomic mass is 10.0. The van der Waals surface area contributed by atoms with E-state index in [0.29, 0.717) is 0 Å². The standard InChI is InChI=1S/C7H11N3O/c8-7(11)5-1-2-10-3-6(5)9-4-10/h1,6,9H,2-4H2,(H2,8,11). The predicted molar refractivity (Wildman–Crippen MR) is 40.6 cm³/mol. The third kappa shape index (κ3) is 1.04. The number of nitrogens with zero attached hydrogens (tertiary/aromatic N) is 1. The molecular weight excluding hydrogens is 142 g/mol. The maximum Gasteiger partial charge on any atom is 0.245 e. The molecule has 2 aliphatic heterocycles. The average Bonchev–Trinajstić information content (AvgIpc) is 2.32. The number of primary amides is 1. The largest absolute Gasteiger partial charge is 0.366 e.